The van der Waals surface area contributed by atoms with Gasteiger partial charge in [-0.15, -0.1) is 0 Å². The van der Waals surface area contributed by atoms with Gasteiger partial charge < -0.3 is 25.0 Å². The molecule has 2 aromatic heterocycles. The lowest BCUT2D eigenvalue weighted by atomic mass is 10.0. The van der Waals surface area contributed by atoms with E-state index in [1.165, 1.54) is 14.0 Å². The first-order valence-corrected chi connectivity index (χ1v) is 10.5. The summed E-state index contributed by atoms with van der Waals surface area (Å²) < 4.78 is 5.55. The highest BCUT2D eigenvalue weighted by molar-refractivity contribution is 7.17. The molecule has 1 aliphatic heterocycles. The first kappa shape index (κ1) is 22.2. The van der Waals surface area contributed by atoms with E-state index in [0.29, 0.717) is 36.8 Å². The molecular weight excluding hydrogens is 434 g/mol. The van der Waals surface area contributed by atoms with Crippen molar-refractivity contribution in [2.45, 2.75) is 38.8 Å². The topological polar surface area (TPSA) is 138 Å². The number of rotatable bonds is 7. The summed E-state index contributed by atoms with van der Waals surface area (Å²) in [5, 5.41) is 12.9. The zero-order valence-electron chi connectivity index (χ0n) is 16.7. The maximum absolute atomic E-state index is 12.6. The molecule has 162 valence electrons. The number of halogens is 1. The molecule has 2 atom stereocenters. The highest BCUT2D eigenvalue weighted by atomic mass is 35.5. The zero-order valence-corrected chi connectivity index (χ0v) is 18.3. The third-order valence-electron chi connectivity index (χ3n) is 4.88. The van der Waals surface area contributed by atoms with E-state index >= 15 is 0 Å². The second-order valence-corrected chi connectivity index (χ2v) is 8.17. The predicted molar refractivity (Wildman–Crippen MR) is 111 cm³/mol. The summed E-state index contributed by atoms with van der Waals surface area (Å²) in [6.45, 7) is 4.11. The number of nitrogens with one attached hydrogen (secondary N) is 2. The molecule has 2 aromatic rings. The Morgan fingerprint density at radius 3 is 2.67 bits per heavy atom. The average Bonchev–Trinajstić information content (AvgIpc) is 3.32. The van der Waals surface area contributed by atoms with E-state index in [1.807, 2.05) is 11.8 Å². The molecule has 2 unspecified atom stereocenters. The van der Waals surface area contributed by atoms with Crippen molar-refractivity contribution in [3.63, 3.8) is 0 Å². The number of imidazole rings is 1. The van der Waals surface area contributed by atoms with Gasteiger partial charge >= 0.3 is 5.97 Å². The summed E-state index contributed by atoms with van der Waals surface area (Å²) in [5.41, 5.74) is 0.451. The van der Waals surface area contributed by atoms with Crippen LogP contribution < -0.4 is 10.2 Å². The van der Waals surface area contributed by atoms with Crippen LogP contribution in [-0.4, -0.2) is 70.1 Å². The van der Waals surface area contributed by atoms with Gasteiger partial charge in [0, 0.05) is 27.1 Å². The molecule has 3 N–H and O–H groups in total. The monoisotopic (exact) mass is 455 g/mol. The number of aromatic nitrogens is 3. The van der Waals surface area contributed by atoms with Crippen LogP contribution in [0.15, 0.2) is 0 Å². The normalized spacial score (nSPS) is 19.0. The van der Waals surface area contributed by atoms with Gasteiger partial charge in [-0.1, -0.05) is 29.9 Å². The van der Waals surface area contributed by atoms with E-state index in [9.17, 15) is 19.5 Å². The van der Waals surface area contributed by atoms with Crippen molar-refractivity contribution in [2.75, 3.05) is 25.1 Å². The van der Waals surface area contributed by atoms with Gasteiger partial charge in [0.05, 0.1) is 17.8 Å². The first-order chi connectivity index (χ1) is 14.2. The van der Waals surface area contributed by atoms with Crippen molar-refractivity contribution in [1.29, 1.82) is 0 Å². The number of ketones is 1. The smallest absolute Gasteiger partial charge is 0.356 e. The number of carboxylic acid groups (broad SMARTS) is 1. The van der Waals surface area contributed by atoms with E-state index in [-0.39, 0.29) is 45.4 Å². The highest BCUT2D eigenvalue weighted by Crippen LogP contribution is 2.30. The fourth-order valence-corrected chi connectivity index (χ4v) is 4.54. The molecule has 1 aliphatic rings. The maximum Gasteiger partial charge on any atom is 0.356 e. The van der Waals surface area contributed by atoms with Crippen molar-refractivity contribution >= 4 is 45.7 Å². The molecule has 0 aromatic carbocycles. The fourth-order valence-electron chi connectivity index (χ4n) is 3.29. The van der Waals surface area contributed by atoms with E-state index in [4.69, 9.17) is 16.3 Å². The minimum Gasteiger partial charge on any atom is -0.476 e. The van der Waals surface area contributed by atoms with Crippen LogP contribution in [0.5, 0.6) is 0 Å². The summed E-state index contributed by atoms with van der Waals surface area (Å²) in [7, 11) is 1.54. The number of Topliss-reactive ketones (excluding diaryl/α,β-unsaturated/α-hetero) is 1. The van der Waals surface area contributed by atoms with Gasteiger partial charge in [-0.25, -0.2) is 14.8 Å². The van der Waals surface area contributed by atoms with Crippen LogP contribution in [0.3, 0.4) is 0 Å². The largest absolute Gasteiger partial charge is 0.476 e. The molecule has 3 heterocycles. The minimum atomic E-state index is -1.24. The number of aromatic amines is 1. The third-order valence-corrected chi connectivity index (χ3v) is 6.41. The number of methoxy groups -OCH3 is 1. The van der Waals surface area contributed by atoms with Crippen molar-refractivity contribution in [3.05, 3.63) is 27.2 Å². The Morgan fingerprint density at radius 1 is 1.40 bits per heavy atom. The van der Waals surface area contributed by atoms with Crippen molar-refractivity contribution in [3.8, 4) is 0 Å². The number of aromatic carboxylic acids is 1. The van der Waals surface area contributed by atoms with E-state index in [1.54, 1.807) is 0 Å². The second-order valence-electron chi connectivity index (χ2n) is 6.83. The Kier molecular flexibility index (Phi) is 6.74. The molecular formula is C18H22ClN5O5S. The lowest BCUT2D eigenvalue weighted by Gasteiger charge is -2.37. The number of amides is 1. The number of H-pyrrole nitrogens is 1. The molecule has 0 spiro atoms. The lowest BCUT2D eigenvalue weighted by molar-refractivity contribution is 0.0538. The van der Waals surface area contributed by atoms with Crippen LogP contribution in [0.4, 0.5) is 5.13 Å². The van der Waals surface area contributed by atoms with Crippen molar-refractivity contribution < 1.29 is 24.2 Å². The van der Waals surface area contributed by atoms with Crippen LogP contribution in [0.1, 0.15) is 56.7 Å². The van der Waals surface area contributed by atoms with E-state index in [0.717, 1.165) is 11.3 Å². The van der Waals surface area contributed by atoms with Crippen molar-refractivity contribution in [2.24, 2.45) is 0 Å². The number of hydrogen-bond acceptors (Lipinski definition) is 8. The Bertz CT molecular complexity index is 943. The first-order valence-electron chi connectivity index (χ1n) is 9.33. The number of anilines is 1. The Labute approximate surface area is 181 Å². The SMILES string of the molecule is CCc1[nH]c(C(=O)NC2CCN(c3nc(C(=O)O)c(C(C)=O)s3)CC2OC)nc1Cl. The summed E-state index contributed by atoms with van der Waals surface area (Å²) in [4.78, 5) is 48.8. The molecule has 1 amide bonds. The maximum atomic E-state index is 12.6. The molecule has 0 aliphatic carbocycles. The van der Waals surface area contributed by atoms with Gasteiger partial charge in [-0.05, 0) is 12.8 Å². The van der Waals surface area contributed by atoms with Crippen molar-refractivity contribution in [1.82, 2.24) is 20.3 Å². The fraction of sp³-hybridized carbons (Fsp3) is 0.500. The second kappa shape index (κ2) is 9.11. The Morgan fingerprint density at radius 2 is 2.13 bits per heavy atom. The van der Waals surface area contributed by atoms with Crippen LogP contribution in [-0.2, 0) is 11.2 Å². The Balaban J connectivity index is 1.72. The molecule has 30 heavy (non-hydrogen) atoms. The van der Waals surface area contributed by atoms with E-state index < -0.39 is 5.97 Å². The molecule has 10 nitrogen and oxygen atoms in total. The number of thiazole rings is 1. The number of ether oxygens (including phenoxy) is 1. The molecule has 0 radical (unpaired) electrons. The lowest BCUT2D eigenvalue weighted by Crippen LogP contribution is -2.55. The molecule has 3 rings (SSSR count). The molecule has 0 saturated carbocycles. The summed E-state index contributed by atoms with van der Waals surface area (Å²) >= 11 is 7.05. The summed E-state index contributed by atoms with van der Waals surface area (Å²) in [6.07, 6.45) is 0.806. The van der Waals surface area contributed by atoms with Gasteiger partial charge in [0.25, 0.3) is 5.91 Å². The minimum absolute atomic E-state index is 0.114. The molecule has 0 bridgehead atoms. The standard InChI is InChI=1S/C18H22ClN5O5S/c1-4-9-14(19)23-15(20-9)16(26)21-10-5-6-24(7-11(10)29-3)18-22-12(17(27)28)13(30-18)8(2)25/h10-11H,4-7H2,1-3H3,(H,20,23)(H,21,26)(H,27,28). The summed E-state index contributed by atoms with van der Waals surface area (Å²) in [6, 6.07) is -0.279. The number of aryl methyl sites for hydroxylation is 1. The van der Waals surface area contributed by atoms with Crippen LogP contribution in [0.2, 0.25) is 5.15 Å². The number of nitrogens with zero attached hydrogens (tertiary/aromatic N) is 3. The van der Waals surface area contributed by atoms with Gasteiger partial charge in [-0.2, -0.15) is 0 Å². The molecule has 12 heteroatoms. The quantitative estimate of drug-likeness (QED) is 0.539. The molecule has 1 saturated heterocycles. The number of carbonyl (C=O) groups excluding carboxylic acids is 2. The van der Waals surface area contributed by atoms with Gasteiger partial charge in [0.1, 0.15) is 4.88 Å². The number of carboxylic acids is 1. The van der Waals surface area contributed by atoms with Crippen LogP contribution in [0.25, 0.3) is 0 Å². The summed E-state index contributed by atoms with van der Waals surface area (Å²) in [5.74, 6) is -1.81. The third kappa shape index (κ3) is 4.47. The van der Waals surface area contributed by atoms with Crippen LogP contribution >= 0.6 is 22.9 Å². The van der Waals surface area contributed by atoms with Crippen LogP contribution in [0, 0.1) is 0 Å². The van der Waals surface area contributed by atoms with Gasteiger partial charge in [0.2, 0.25) is 0 Å². The van der Waals surface area contributed by atoms with Gasteiger partial charge in [-0.3, -0.25) is 9.59 Å². The highest BCUT2D eigenvalue weighted by Gasteiger charge is 2.33. The average molecular weight is 456 g/mol. The number of piperidine rings is 1. The number of hydrogen-bond donors (Lipinski definition) is 3. The molecule has 1 fully saturated rings. The Hall–Kier alpha value is -2.50. The van der Waals surface area contributed by atoms with Gasteiger partial charge in [0.15, 0.2) is 27.6 Å². The number of carbonyl (C=O) groups is 3. The zero-order chi connectivity index (χ0) is 22.0. The van der Waals surface area contributed by atoms with E-state index in [2.05, 4.69) is 20.3 Å². The predicted octanol–water partition coefficient (Wildman–Crippen LogP) is 2.01.